The normalized spacial score (nSPS) is 14.0. The molecule has 9 nitrogen and oxygen atoms in total. The number of hydrogen-bond donors (Lipinski definition) is 0. The maximum Gasteiger partial charge on any atom is 0.306 e. The second-order valence-electron chi connectivity index (χ2n) is 24.1. The number of allylic oxidation sites excluding steroid dienone is 22. The van der Waals surface area contributed by atoms with Crippen LogP contribution in [0.4, 0.5) is 0 Å². The van der Waals surface area contributed by atoms with E-state index >= 15 is 0 Å². The molecule has 0 spiro atoms. The van der Waals surface area contributed by atoms with Crippen LogP contribution in [0.15, 0.2) is 134 Å². The van der Waals surface area contributed by atoms with Crippen LogP contribution in [0.3, 0.4) is 0 Å². The summed E-state index contributed by atoms with van der Waals surface area (Å²) < 4.78 is 34.3. The Morgan fingerprint density at radius 2 is 0.628 bits per heavy atom. The van der Waals surface area contributed by atoms with Crippen molar-refractivity contribution in [3.8, 4) is 0 Å². The van der Waals surface area contributed by atoms with Gasteiger partial charge in [-0.15, -0.1) is 0 Å². The van der Waals surface area contributed by atoms with Crippen molar-refractivity contribution in [3.05, 3.63) is 134 Å². The summed E-state index contributed by atoms with van der Waals surface area (Å²) in [4.78, 5) is 38.1. The SMILES string of the molecule is CC/C=C\C/C=C\C/C=C\C/C=C\C/C=C\C/C=C\C/C=C\CCCCCCCCCC(=O)OC(COC(=O)CCCCCCCCCCCCCCCCCCCCCC/C=C\C/C=C\C/C=C\C/C=C\CC)COP(=O)([O-])OCC[N+](C)(C)C. The van der Waals surface area contributed by atoms with E-state index in [2.05, 4.69) is 148 Å². The molecule has 0 aromatic rings. The summed E-state index contributed by atoms with van der Waals surface area (Å²) in [5.74, 6) is -0.845. The van der Waals surface area contributed by atoms with Gasteiger partial charge in [-0.3, -0.25) is 14.2 Å². The van der Waals surface area contributed by atoms with Crippen LogP contribution in [0.1, 0.15) is 284 Å². The Morgan fingerprint density at radius 1 is 0.360 bits per heavy atom. The molecule has 0 bridgehead atoms. The van der Waals surface area contributed by atoms with Crippen LogP contribution in [0, 0.1) is 0 Å². The first-order valence-electron chi connectivity index (χ1n) is 34.9. The number of carbonyl (C=O) groups is 2. The Morgan fingerprint density at radius 3 is 0.930 bits per heavy atom. The highest BCUT2D eigenvalue weighted by Gasteiger charge is 2.22. The van der Waals surface area contributed by atoms with Crippen molar-refractivity contribution in [1.29, 1.82) is 0 Å². The number of esters is 2. The first kappa shape index (κ1) is 82.1. The molecule has 2 unspecified atom stereocenters. The maximum absolute atomic E-state index is 12.9. The number of phosphoric acid groups is 1. The third kappa shape index (κ3) is 69.3. The molecule has 0 amide bonds. The Balaban J connectivity index is 4.08. The third-order valence-electron chi connectivity index (χ3n) is 14.7. The second kappa shape index (κ2) is 65.6. The smallest absolute Gasteiger partial charge is 0.306 e. The fourth-order valence-corrected chi connectivity index (χ4v) is 10.1. The second-order valence-corrected chi connectivity index (χ2v) is 25.5. The Hall–Kier alpha value is -3.85. The number of likely N-dealkylation sites (N-methyl/N-ethyl adjacent to an activating group) is 1. The Labute approximate surface area is 530 Å². The lowest BCUT2D eigenvalue weighted by atomic mass is 10.0. The summed E-state index contributed by atoms with van der Waals surface area (Å²) in [6.45, 7) is 4.01. The summed E-state index contributed by atoms with van der Waals surface area (Å²) in [5, 5.41) is 0. The molecule has 86 heavy (non-hydrogen) atoms. The number of rotatable bonds is 63. The highest BCUT2D eigenvalue weighted by molar-refractivity contribution is 7.45. The van der Waals surface area contributed by atoms with Gasteiger partial charge in [-0.25, -0.2) is 0 Å². The van der Waals surface area contributed by atoms with Crippen molar-refractivity contribution >= 4 is 19.8 Å². The van der Waals surface area contributed by atoms with Crippen LogP contribution < -0.4 is 4.89 Å². The van der Waals surface area contributed by atoms with Crippen LogP contribution in [-0.4, -0.2) is 70.0 Å². The molecule has 0 saturated carbocycles. The van der Waals surface area contributed by atoms with Crippen LogP contribution >= 0.6 is 7.82 Å². The van der Waals surface area contributed by atoms with E-state index in [1.54, 1.807) is 0 Å². The molecule has 2 atom stereocenters. The molecular weight excluding hydrogens is 1090 g/mol. The highest BCUT2D eigenvalue weighted by atomic mass is 31.2. The van der Waals surface area contributed by atoms with E-state index in [1.165, 1.54) is 135 Å². The molecule has 0 aliphatic rings. The molecule has 10 heteroatoms. The van der Waals surface area contributed by atoms with Gasteiger partial charge in [0.1, 0.15) is 19.8 Å². The standard InChI is InChI=1S/C76H130NO8P/c1-6-8-10-12-14-16-18-20-22-24-26-28-30-32-34-36-37-38-39-41-42-44-46-48-50-52-54-56-58-60-62-64-66-68-75(78)82-72-74(73-84-86(80,81)83-71-70-77(3,4)5)85-76(79)69-67-65-63-61-59-57-55-53-51-49-47-45-43-40-35-33-31-29-27-25-23-21-19-17-15-13-11-9-7-2/h8-11,14-17,20-23,26-29,33,35,43,45,49,51,74H,6-7,12-13,18-19,24-25,30-32,34,36-42,44,46-48,50,52-73H2,1-5H3/b10-8-,11-9-,16-14-,17-15-,22-20-,23-21-,28-26-,29-27-,35-33-,45-43-,51-49-. The van der Waals surface area contributed by atoms with E-state index in [0.29, 0.717) is 17.4 Å². The summed E-state index contributed by atoms with van der Waals surface area (Å²) >= 11 is 0. The topological polar surface area (TPSA) is 111 Å². The minimum absolute atomic E-state index is 0.0385. The molecule has 0 heterocycles. The van der Waals surface area contributed by atoms with Crippen molar-refractivity contribution in [2.24, 2.45) is 0 Å². The third-order valence-corrected chi connectivity index (χ3v) is 15.6. The predicted molar refractivity (Wildman–Crippen MR) is 369 cm³/mol. The lowest BCUT2D eigenvalue weighted by molar-refractivity contribution is -0.870. The van der Waals surface area contributed by atoms with Gasteiger partial charge in [0.2, 0.25) is 0 Å². The van der Waals surface area contributed by atoms with E-state index < -0.39 is 26.5 Å². The Kier molecular flexibility index (Phi) is 62.7. The zero-order chi connectivity index (χ0) is 62.6. The van der Waals surface area contributed by atoms with E-state index in [4.69, 9.17) is 18.5 Å². The lowest BCUT2D eigenvalue weighted by Gasteiger charge is -2.28. The van der Waals surface area contributed by atoms with Crippen LogP contribution in [0.2, 0.25) is 0 Å². The fraction of sp³-hybridized carbons (Fsp3) is 0.684. The predicted octanol–water partition coefficient (Wildman–Crippen LogP) is 22.2. The number of ether oxygens (including phenoxy) is 2. The van der Waals surface area contributed by atoms with Gasteiger partial charge in [-0.2, -0.15) is 0 Å². The first-order valence-corrected chi connectivity index (χ1v) is 36.4. The number of hydrogen-bond acceptors (Lipinski definition) is 8. The van der Waals surface area contributed by atoms with Crippen molar-refractivity contribution in [2.45, 2.75) is 290 Å². The fourth-order valence-electron chi connectivity index (χ4n) is 9.39. The molecule has 0 aromatic carbocycles. The number of quaternary nitrogens is 1. The molecule has 0 aromatic heterocycles. The largest absolute Gasteiger partial charge is 0.756 e. The highest BCUT2D eigenvalue weighted by Crippen LogP contribution is 2.38. The van der Waals surface area contributed by atoms with Gasteiger partial charge in [0.25, 0.3) is 7.82 Å². The number of phosphoric ester groups is 1. The average molecular weight is 1220 g/mol. The number of nitrogens with zero attached hydrogens (tertiary/aromatic N) is 1. The monoisotopic (exact) mass is 1220 g/mol. The van der Waals surface area contributed by atoms with E-state index in [-0.39, 0.29) is 32.0 Å². The van der Waals surface area contributed by atoms with Gasteiger partial charge in [-0.1, -0.05) is 295 Å². The van der Waals surface area contributed by atoms with Crippen molar-refractivity contribution < 1.29 is 42.1 Å². The minimum Gasteiger partial charge on any atom is -0.756 e. The van der Waals surface area contributed by atoms with Gasteiger partial charge in [-0.05, 0) is 109 Å². The zero-order valence-electron chi connectivity index (χ0n) is 56.0. The maximum atomic E-state index is 12.9. The minimum atomic E-state index is -4.65. The van der Waals surface area contributed by atoms with E-state index in [9.17, 15) is 19.0 Å². The Bertz CT molecular complexity index is 1910. The molecular formula is C76H130NO8P. The van der Waals surface area contributed by atoms with Crippen LogP contribution in [-0.2, 0) is 32.7 Å². The quantitative estimate of drug-likeness (QED) is 0.0195. The average Bonchev–Trinajstić information content (AvgIpc) is 3.67. The summed E-state index contributed by atoms with van der Waals surface area (Å²) in [5.41, 5.74) is 0. The molecule has 0 rings (SSSR count). The van der Waals surface area contributed by atoms with E-state index in [0.717, 1.165) is 116 Å². The molecule has 0 radical (unpaired) electrons. The van der Waals surface area contributed by atoms with E-state index in [1.807, 2.05) is 21.1 Å². The van der Waals surface area contributed by atoms with Crippen molar-refractivity contribution in [3.63, 3.8) is 0 Å². The van der Waals surface area contributed by atoms with Crippen LogP contribution in [0.25, 0.3) is 0 Å². The first-order chi connectivity index (χ1) is 42.0. The van der Waals surface area contributed by atoms with Crippen molar-refractivity contribution in [1.82, 2.24) is 0 Å². The molecule has 0 aliphatic heterocycles. The van der Waals surface area contributed by atoms with Gasteiger partial charge in [0.05, 0.1) is 27.7 Å². The van der Waals surface area contributed by atoms with Gasteiger partial charge < -0.3 is 27.9 Å². The summed E-state index contributed by atoms with van der Waals surface area (Å²) in [6, 6.07) is 0. The molecule has 492 valence electrons. The number of unbranched alkanes of at least 4 members (excludes halogenated alkanes) is 27. The van der Waals surface area contributed by atoms with Gasteiger partial charge >= 0.3 is 11.9 Å². The molecule has 0 fully saturated rings. The number of carbonyl (C=O) groups excluding carboxylic acids is 2. The van der Waals surface area contributed by atoms with Crippen molar-refractivity contribution in [2.75, 3.05) is 47.5 Å². The van der Waals surface area contributed by atoms with Gasteiger partial charge in [0.15, 0.2) is 6.10 Å². The molecule has 0 aliphatic carbocycles. The molecule has 0 N–H and O–H groups in total. The van der Waals surface area contributed by atoms with Gasteiger partial charge in [0, 0.05) is 12.8 Å². The lowest BCUT2D eigenvalue weighted by Crippen LogP contribution is -2.37. The summed E-state index contributed by atoms with van der Waals surface area (Å²) in [7, 11) is 1.15. The zero-order valence-corrected chi connectivity index (χ0v) is 56.9. The summed E-state index contributed by atoms with van der Waals surface area (Å²) in [6.07, 6.45) is 95.3. The molecule has 0 saturated heterocycles. The van der Waals surface area contributed by atoms with Crippen LogP contribution in [0.5, 0.6) is 0 Å².